The van der Waals surface area contributed by atoms with Gasteiger partial charge in [0.2, 0.25) is 0 Å². The number of carbonyl (C=O) groups excluding carboxylic acids is 2. The lowest BCUT2D eigenvalue weighted by Crippen LogP contribution is -2.29. The van der Waals surface area contributed by atoms with E-state index in [-0.39, 0.29) is 11.3 Å². The van der Waals surface area contributed by atoms with E-state index in [9.17, 15) is 14.7 Å². The molecule has 3 heterocycles. The number of aliphatic hydroxyl groups is 1. The predicted molar refractivity (Wildman–Crippen MR) is 124 cm³/mol. The lowest BCUT2D eigenvalue weighted by molar-refractivity contribution is -0.132. The third-order valence-electron chi connectivity index (χ3n) is 5.61. The number of rotatable bonds is 3. The summed E-state index contributed by atoms with van der Waals surface area (Å²) in [5, 5.41) is 11.5. The number of benzene rings is 2. The van der Waals surface area contributed by atoms with Gasteiger partial charge < -0.3 is 9.52 Å². The van der Waals surface area contributed by atoms with Crippen molar-refractivity contribution in [1.29, 1.82) is 0 Å². The summed E-state index contributed by atoms with van der Waals surface area (Å²) >= 11 is 1.34. The minimum Gasteiger partial charge on any atom is -0.507 e. The zero-order valence-corrected chi connectivity index (χ0v) is 18.6. The molecule has 2 aromatic heterocycles. The largest absolute Gasteiger partial charge is 0.507 e. The van der Waals surface area contributed by atoms with Crippen molar-refractivity contribution < 1.29 is 19.1 Å². The van der Waals surface area contributed by atoms with Crippen molar-refractivity contribution in [3.63, 3.8) is 0 Å². The molecule has 0 saturated carbocycles. The van der Waals surface area contributed by atoms with Crippen LogP contribution in [0.25, 0.3) is 16.0 Å². The van der Waals surface area contributed by atoms with E-state index < -0.39 is 17.7 Å². The second-order valence-corrected chi connectivity index (χ2v) is 8.98. The van der Waals surface area contributed by atoms with Gasteiger partial charge >= 0.3 is 5.91 Å². The lowest BCUT2D eigenvalue weighted by Gasteiger charge is -2.20. The Kier molecular flexibility index (Phi) is 4.71. The van der Waals surface area contributed by atoms with E-state index in [1.807, 2.05) is 45.0 Å². The monoisotopic (exact) mass is 444 g/mol. The summed E-state index contributed by atoms with van der Waals surface area (Å²) in [5.74, 6) is -1.37. The zero-order chi connectivity index (χ0) is 22.6. The van der Waals surface area contributed by atoms with Crippen molar-refractivity contribution in [1.82, 2.24) is 4.98 Å². The standard InChI is InChI=1S/C25H20N2O4S/c1-13-6-8-16(9-7-13)22(28)19-21(17-5-4-10-31-17)27(24(30)23(19)29)25-26-20-15(3)11-14(2)12-18(20)32-25/h4-12,21,28H,1-3H3/b22-19+. The molecule has 1 saturated heterocycles. The fourth-order valence-electron chi connectivity index (χ4n) is 4.07. The number of anilines is 1. The molecule has 0 radical (unpaired) electrons. The zero-order valence-electron chi connectivity index (χ0n) is 17.7. The number of amides is 1. The SMILES string of the molecule is Cc1ccc(/C(O)=C2\C(=O)C(=O)N(c3nc4c(C)cc(C)cc4s3)C2c2ccco2)cc1. The van der Waals surface area contributed by atoms with Crippen molar-refractivity contribution >= 4 is 44.1 Å². The summed E-state index contributed by atoms with van der Waals surface area (Å²) in [6.45, 7) is 5.90. The van der Waals surface area contributed by atoms with Crippen molar-refractivity contribution in [2.45, 2.75) is 26.8 Å². The van der Waals surface area contributed by atoms with Gasteiger partial charge in [0.25, 0.3) is 5.78 Å². The first-order valence-corrected chi connectivity index (χ1v) is 11.0. The van der Waals surface area contributed by atoms with Gasteiger partial charge in [-0.1, -0.05) is 47.2 Å². The third kappa shape index (κ3) is 3.13. The number of furan rings is 1. The van der Waals surface area contributed by atoms with E-state index in [1.165, 1.54) is 22.5 Å². The van der Waals surface area contributed by atoms with Crippen molar-refractivity contribution in [2.75, 3.05) is 4.90 Å². The molecule has 4 aromatic rings. The van der Waals surface area contributed by atoms with E-state index in [2.05, 4.69) is 4.98 Å². The van der Waals surface area contributed by atoms with Crippen LogP contribution in [-0.2, 0) is 9.59 Å². The average Bonchev–Trinajstić information content (AvgIpc) is 3.47. The van der Waals surface area contributed by atoms with Crippen LogP contribution in [0.3, 0.4) is 0 Å². The van der Waals surface area contributed by atoms with Crippen LogP contribution in [0, 0.1) is 20.8 Å². The van der Waals surface area contributed by atoms with Gasteiger partial charge in [0.1, 0.15) is 17.6 Å². The summed E-state index contributed by atoms with van der Waals surface area (Å²) in [5.41, 5.74) is 4.34. The van der Waals surface area contributed by atoms with Crippen LogP contribution in [0.4, 0.5) is 5.13 Å². The Bertz CT molecular complexity index is 1400. The number of aryl methyl sites for hydroxylation is 3. The molecule has 1 unspecified atom stereocenters. The number of hydrogen-bond acceptors (Lipinski definition) is 6. The average molecular weight is 445 g/mol. The Hall–Kier alpha value is -3.71. The molecule has 1 fully saturated rings. The Labute approximate surface area is 188 Å². The molecule has 0 aliphatic carbocycles. The maximum atomic E-state index is 13.2. The molecule has 5 rings (SSSR count). The lowest BCUT2D eigenvalue weighted by atomic mass is 9.99. The molecule has 6 nitrogen and oxygen atoms in total. The first-order chi connectivity index (χ1) is 15.3. The highest BCUT2D eigenvalue weighted by Crippen LogP contribution is 2.44. The molecule has 0 bridgehead atoms. The van der Waals surface area contributed by atoms with Gasteiger partial charge in [-0.2, -0.15) is 0 Å². The van der Waals surface area contributed by atoms with E-state index >= 15 is 0 Å². The summed E-state index contributed by atoms with van der Waals surface area (Å²) < 4.78 is 6.53. The molecule has 160 valence electrons. The van der Waals surface area contributed by atoms with E-state index in [4.69, 9.17) is 4.42 Å². The number of aliphatic hydroxyl groups excluding tert-OH is 1. The summed E-state index contributed by atoms with van der Waals surface area (Å²) in [6, 6.07) is 13.6. The number of carbonyl (C=O) groups is 2. The molecular formula is C25H20N2O4S. The van der Waals surface area contributed by atoms with Crippen molar-refractivity contribution in [3.8, 4) is 0 Å². The van der Waals surface area contributed by atoms with Crippen molar-refractivity contribution in [3.05, 3.63) is 88.4 Å². The molecule has 1 aliphatic heterocycles. The molecule has 1 amide bonds. The Morgan fingerprint density at radius 3 is 2.50 bits per heavy atom. The highest BCUT2D eigenvalue weighted by Gasteiger charge is 2.49. The number of fused-ring (bicyclic) bond motifs is 1. The van der Waals surface area contributed by atoms with E-state index in [0.717, 1.165) is 26.9 Å². The Morgan fingerprint density at radius 2 is 1.81 bits per heavy atom. The topological polar surface area (TPSA) is 83.6 Å². The first kappa shape index (κ1) is 20.2. The number of aromatic nitrogens is 1. The second-order valence-electron chi connectivity index (χ2n) is 7.98. The minimum atomic E-state index is -0.909. The van der Waals surface area contributed by atoms with Crippen LogP contribution in [0.15, 0.2) is 64.8 Å². The molecule has 7 heteroatoms. The number of hydrogen-bond donors (Lipinski definition) is 1. The normalized spacial score (nSPS) is 18.1. The van der Waals surface area contributed by atoms with Gasteiger partial charge in [-0.05, 0) is 50.1 Å². The van der Waals surface area contributed by atoms with Crippen molar-refractivity contribution in [2.24, 2.45) is 0 Å². The van der Waals surface area contributed by atoms with Gasteiger partial charge in [0.15, 0.2) is 5.13 Å². The smallest absolute Gasteiger partial charge is 0.302 e. The molecule has 0 spiro atoms. The van der Waals surface area contributed by atoms with Crippen LogP contribution in [0.2, 0.25) is 0 Å². The minimum absolute atomic E-state index is 0.0130. The number of Topliss-reactive ketones (excluding diaryl/α,β-unsaturated/α-hetero) is 1. The summed E-state index contributed by atoms with van der Waals surface area (Å²) in [6.07, 6.45) is 1.48. The quantitative estimate of drug-likeness (QED) is 0.258. The van der Waals surface area contributed by atoms with E-state index in [1.54, 1.807) is 24.3 Å². The number of thiazole rings is 1. The molecule has 2 aromatic carbocycles. The van der Waals surface area contributed by atoms with Crippen LogP contribution < -0.4 is 4.90 Å². The van der Waals surface area contributed by atoms with Gasteiger partial charge in [0.05, 0.1) is 22.1 Å². The first-order valence-electron chi connectivity index (χ1n) is 10.1. The third-order valence-corrected chi connectivity index (χ3v) is 6.61. The Morgan fingerprint density at radius 1 is 1.06 bits per heavy atom. The van der Waals surface area contributed by atoms with Gasteiger partial charge in [-0.25, -0.2) is 4.98 Å². The molecule has 1 atom stereocenters. The number of ketones is 1. The second kappa shape index (κ2) is 7.46. The molecular weight excluding hydrogens is 424 g/mol. The van der Waals surface area contributed by atoms with Gasteiger partial charge in [-0.15, -0.1) is 0 Å². The van der Waals surface area contributed by atoms with Crippen LogP contribution in [-0.4, -0.2) is 21.8 Å². The fourth-order valence-corrected chi connectivity index (χ4v) is 5.24. The fraction of sp³-hybridized carbons (Fsp3) is 0.160. The highest BCUT2D eigenvalue weighted by molar-refractivity contribution is 7.22. The van der Waals surface area contributed by atoms with Crippen LogP contribution in [0.1, 0.15) is 34.1 Å². The summed E-state index contributed by atoms with van der Waals surface area (Å²) in [4.78, 5) is 32.4. The Balaban J connectivity index is 1.72. The maximum absolute atomic E-state index is 13.2. The molecule has 1 aliphatic rings. The van der Waals surface area contributed by atoms with Gasteiger partial charge in [-0.3, -0.25) is 14.5 Å². The molecule has 1 N–H and O–H groups in total. The molecule has 32 heavy (non-hydrogen) atoms. The van der Waals surface area contributed by atoms with Crippen LogP contribution in [0.5, 0.6) is 0 Å². The maximum Gasteiger partial charge on any atom is 0.302 e. The van der Waals surface area contributed by atoms with E-state index in [0.29, 0.717) is 16.5 Å². The number of nitrogens with zero attached hydrogens (tertiary/aromatic N) is 2. The van der Waals surface area contributed by atoms with Crippen LogP contribution >= 0.6 is 11.3 Å². The predicted octanol–water partition coefficient (Wildman–Crippen LogP) is 5.44. The summed E-state index contributed by atoms with van der Waals surface area (Å²) in [7, 11) is 0. The van der Waals surface area contributed by atoms with Gasteiger partial charge in [0, 0.05) is 5.56 Å². The highest BCUT2D eigenvalue weighted by atomic mass is 32.1.